The van der Waals surface area contributed by atoms with Crippen LogP contribution in [0.25, 0.3) is 0 Å². The zero-order valence-corrected chi connectivity index (χ0v) is 19.3. The van der Waals surface area contributed by atoms with E-state index in [1.54, 1.807) is 42.5 Å². The van der Waals surface area contributed by atoms with Crippen molar-refractivity contribution in [2.24, 2.45) is 5.10 Å². The number of hydrazine groups is 2. The molecule has 2 N–H and O–H groups in total. The van der Waals surface area contributed by atoms with Crippen LogP contribution >= 0.6 is 11.6 Å². The Balaban J connectivity index is 1.30. The second-order valence-electron chi connectivity index (χ2n) is 8.15. The molecule has 3 aromatic carbocycles. The second-order valence-corrected chi connectivity index (χ2v) is 8.58. The standard InChI is InChI=1S/C25H25ClN6O2/c26-19-10-12-21(13-11-19)31-27-25(22-8-4-5-9-23(22)33)28-32(31)24(34)18-29-14-16-30(17-15-29)20-6-2-1-3-7-20/h1-13,33H,14-18H2,(H,27,28). The van der Waals surface area contributed by atoms with Crippen molar-refractivity contribution in [1.29, 1.82) is 0 Å². The number of hydrogen-bond donors (Lipinski definition) is 2. The van der Waals surface area contributed by atoms with Gasteiger partial charge in [0.1, 0.15) is 5.75 Å². The number of rotatable bonds is 5. The fourth-order valence-corrected chi connectivity index (χ4v) is 4.20. The molecule has 2 aliphatic heterocycles. The molecular formula is C25H25ClN6O2. The fourth-order valence-electron chi connectivity index (χ4n) is 4.07. The molecule has 0 aromatic heterocycles. The first kappa shape index (κ1) is 22.1. The van der Waals surface area contributed by atoms with Crippen molar-refractivity contribution >= 4 is 34.7 Å². The molecule has 0 radical (unpaired) electrons. The Morgan fingerprint density at radius 2 is 1.56 bits per heavy atom. The van der Waals surface area contributed by atoms with E-state index in [1.165, 1.54) is 15.9 Å². The molecule has 0 atom stereocenters. The lowest BCUT2D eigenvalue weighted by Gasteiger charge is -2.36. The Morgan fingerprint density at radius 1 is 0.882 bits per heavy atom. The maximum Gasteiger partial charge on any atom is 0.276 e. The number of anilines is 2. The van der Waals surface area contributed by atoms with Crippen molar-refractivity contribution in [3.63, 3.8) is 0 Å². The quantitative estimate of drug-likeness (QED) is 0.588. The summed E-state index contributed by atoms with van der Waals surface area (Å²) in [6.45, 7) is 3.50. The number of carbonyl (C=O) groups excluding carboxylic acids is 1. The van der Waals surface area contributed by atoms with Gasteiger partial charge in [0.15, 0.2) is 5.84 Å². The van der Waals surface area contributed by atoms with Gasteiger partial charge in [-0.05, 0) is 48.5 Å². The van der Waals surface area contributed by atoms with Crippen molar-refractivity contribution in [1.82, 2.24) is 15.4 Å². The molecule has 1 fully saturated rings. The maximum atomic E-state index is 13.4. The molecule has 34 heavy (non-hydrogen) atoms. The Bertz CT molecular complexity index is 1180. The van der Waals surface area contributed by atoms with Crippen molar-refractivity contribution < 1.29 is 9.90 Å². The molecule has 0 unspecified atom stereocenters. The molecular weight excluding hydrogens is 452 g/mol. The number of aromatic hydroxyl groups is 1. The van der Waals surface area contributed by atoms with E-state index >= 15 is 0 Å². The molecule has 2 aliphatic rings. The van der Waals surface area contributed by atoms with Gasteiger partial charge in [-0.3, -0.25) is 15.1 Å². The molecule has 8 nitrogen and oxygen atoms in total. The van der Waals surface area contributed by atoms with E-state index in [9.17, 15) is 9.90 Å². The van der Waals surface area contributed by atoms with Crippen molar-refractivity contribution in [3.8, 4) is 5.75 Å². The monoisotopic (exact) mass is 476 g/mol. The summed E-state index contributed by atoms with van der Waals surface area (Å²) in [6, 6.07) is 24.3. The smallest absolute Gasteiger partial charge is 0.276 e. The van der Waals surface area contributed by atoms with E-state index in [4.69, 9.17) is 11.6 Å². The van der Waals surface area contributed by atoms with Crippen molar-refractivity contribution in [2.45, 2.75) is 0 Å². The summed E-state index contributed by atoms with van der Waals surface area (Å²) in [6.07, 6.45) is 0. The second kappa shape index (κ2) is 9.62. The van der Waals surface area contributed by atoms with Gasteiger partial charge in [0.25, 0.3) is 5.91 Å². The van der Waals surface area contributed by atoms with Gasteiger partial charge in [0.05, 0.1) is 17.8 Å². The highest BCUT2D eigenvalue weighted by atomic mass is 35.5. The van der Waals surface area contributed by atoms with Crippen LogP contribution < -0.4 is 15.4 Å². The highest BCUT2D eigenvalue weighted by Gasteiger charge is 2.32. The number of piperazine rings is 1. The number of hydrazone groups is 1. The van der Waals surface area contributed by atoms with Crippen LogP contribution in [0.15, 0.2) is 84.0 Å². The lowest BCUT2D eigenvalue weighted by Crippen LogP contribution is -2.55. The number of benzene rings is 3. The summed E-state index contributed by atoms with van der Waals surface area (Å²) in [5.41, 5.74) is 5.44. The lowest BCUT2D eigenvalue weighted by atomic mass is 10.2. The van der Waals surface area contributed by atoms with Gasteiger partial charge < -0.3 is 10.0 Å². The Morgan fingerprint density at radius 3 is 2.26 bits per heavy atom. The van der Waals surface area contributed by atoms with Crippen molar-refractivity contribution in [2.75, 3.05) is 42.7 Å². The van der Waals surface area contributed by atoms with Gasteiger partial charge in [-0.25, -0.2) is 0 Å². The highest BCUT2D eigenvalue weighted by Crippen LogP contribution is 2.25. The third-order valence-corrected chi connectivity index (χ3v) is 6.15. The molecule has 5 rings (SSSR count). The number of halogens is 1. The van der Waals surface area contributed by atoms with Crippen LogP contribution in [-0.2, 0) is 4.79 Å². The first-order valence-corrected chi connectivity index (χ1v) is 11.5. The molecule has 174 valence electrons. The summed E-state index contributed by atoms with van der Waals surface area (Å²) in [5, 5.41) is 18.4. The van der Waals surface area contributed by atoms with E-state index in [1.807, 2.05) is 24.3 Å². The van der Waals surface area contributed by atoms with Crippen LogP contribution in [0.4, 0.5) is 11.4 Å². The summed E-state index contributed by atoms with van der Waals surface area (Å²) >= 11 is 6.05. The normalized spacial score (nSPS) is 16.4. The number of nitrogens with zero attached hydrogens (tertiary/aromatic N) is 5. The number of phenols is 1. The number of para-hydroxylation sites is 2. The highest BCUT2D eigenvalue weighted by molar-refractivity contribution is 6.30. The number of amidine groups is 1. The third kappa shape index (κ3) is 4.64. The number of amides is 1. The molecule has 2 heterocycles. The summed E-state index contributed by atoms with van der Waals surface area (Å²) in [5.74, 6) is 0.309. The summed E-state index contributed by atoms with van der Waals surface area (Å²) < 4.78 is 0. The molecule has 0 aliphatic carbocycles. The number of nitrogens with one attached hydrogen (secondary N) is 1. The van der Waals surface area contributed by atoms with E-state index in [2.05, 4.69) is 32.5 Å². The predicted octanol–water partition coefficient (Wildman–Crippen LogP) is 3.30. The van der Waals surface area contributed by atoms with Gasteiger partial charge in [-0.1, -0.05) is 41.9 Å². The minimum absolute atomic E-state index is 0.0798. The first-order valence-electron chi connectivity index (χ1n) is 11.1. The maximum absolute atomic E-state index is 13.4. The first-order chi connectivity index (χ1) is 16.6. The lowest BCUT2D eigenvalue weighted by molar-refractivity contribution is -0.134. The third-order valence-electron chi connectivity index (χ3n) is 5.90. The predicted molar refractivity (Wildman–Crippen MR) is 134 cm³/mol. The molecule has 0 saturated carbocycles. The van der Waals surface area contributed by atoms with Crippen LogP contribution in [0.3, 0.4) is 0 Å². The van der Waals surface area contributed by atoms with E-state index in [-0.39, 0.29) is 18.2 Å². The van der Waals surface area contributed by atoms with Crippen LogP contribution in [-0.4, -0.2) is 59.6 Å². The SMILES string of the molecule is O=C(CN1CCN(c2ccccc2)CC1)N1NC(c2ccccc2O)=NN1c1ccc(Cl)cc1. The van der Waals surface area contributed by atoms with Gasteiger partial charge in [-0.2, -0.15) is 0 Å². The molecule has 1 amide bonds. The van der Waals surface area contributed by atoms with Gasteiger partial charge in [0, 0.05) is 36.9 Å². The molecule has 0 spiro atoms. The van der Waals surface area contributed by atoms with Crippen LogP contribution in [0, 0.1) is 0 Å². The Hall–Kier alpha value is -3.75. The minimum Gasteiger partial charge on any atom is -0.507 e. The summed E-state index contributed by atoms with van der Waals surface area (Å²) in [4.78, 5) is 17.9. The minimum atomic E-state index is -0.155. The number of hydrogen-bond acceptors (Lipinski definition) is 7. The average Bonchev–Trinajstić information content (AvgIpc) is 3.31. The Labute approximate surface area is 203 Å². The molecule has 3 aromatic rings. The number of carbonyl (C=O) groups is 1. The van der Waals surface area contributed by atoms with Gasteiger partial charge in [0.2, 0.25) is 0 Å². The molecule has 0 bridgehead atoms. The summed E-state index contributed by atoms with van der Waals surface area (Å²) in [7, 11) is 0. The van der Waals surface area contributed by atoms with Gasteiger partial charge >= 0.3 is 0 Å². The Kier molecular flexibility index (Phi) is 6.24. The fraction of sp³-hybridized carbons (Fsp3) is 0.200. The molecule has 9 heteroatoms. The zero-order valence-electron chi connectivity index (χ0n) is 18.5. The van der Waals surface area contributed by atoms with Crippen LogP contribution in [0.1, 0.15) is 5.56 Å². The van der Waals surface area contributed by atoms with Crippen LogP contribution in [0.5, 0.6) is 5.75 Å². The van der Waals surface area contributed by atoms with Gasteiger partial charge in [-0.15, -0.1) is 15.3 Å². The van der Waals surface area contributed by atoms with Crippen LogP contribution in [0.2, 0.25) is 5.02 Å². The topological polar surface area (TPSA) is 74.7 Å². The van der Waals surface area contributed by atoms with Crippen molar-refractivity contribution in [3.05, 3.63) is 89.4 Å². The zero-order chi connectivity index (χ0) is 23.5. The number of phenolic OH excluding ortho intramolecular Hbond substituents is 1. The van der Waals surface area contributed by atoms with E-state index in [0.717, 1.165) is 26.2 Å². The molecule has 1 saturated heterocycles. The largest absolute Gasteiger partial charge is 0.507 e. The average molecular weight is 477 g/mol. The van der Waals surface area contributed by atoms with E-state index < -0.39 is 0 Å². The van der Waals surface area contributed by atoms with E-state index in [0.29, 0.717) is 22.1 Å².